The smallest absolute Gasteiger partial charge is 0.264 e. The Hall–Kier alpha value is -2.93. The molecule has 0 radical (unpaired) electrons. The summed E-state index contributed by atoms with van der Waals surface area (Å²) in [7, 11) is -2.29. The Morgan fingerprint density at radius 3 is 2.57 bits per heavy atom. The Kier molecular flexibility index (Phi) is 5.94. The third kappa shape index (κ3) is 3.99. The van der Waals surface area contributed by atoms with Crippen molar-refractivity contribution in [1.82, 2.24) is 9.55 Å². The summed E-state index contributed by atoms with van der Waals surface area (Å²) in [6.45, 7) is 2.78. The third-order valence-corrected chi connectivity index (χ3v) is 6.33. The van der Waals surface area contributed by atoms with Gasteiger partial charge in [-0.25, -0.2) is 13.4 Å². The summed E-state index contributed by atoms with van der Waals surface area (Å²) in [6.07, 6.45) is 5.30. The van der Waals surface area contributed by atoms with Crippen LogP contribution < -0.4 is 4.31 Å². The summed E-state index contributed by atoms with van der Waals surface area (Å²) in [5.41, 5.74) is 0.848. The van der Waals surface area contributed by atoms with E-state index in [1.54, 1.807) is 48.8 Å². The first-order chi connectivity index (χ1) is 13.4. The molecule has 0 aliphatic carbocycles. The topological polar surface area (TPSA) is 72.3 Å². The first-order valence-electron chi connectivity index (χ1n) is 9.15. The minimum absolute atomic E-state index is 0.0661. The van der Waals surface area contributed by atoms with E-state index in [0.29, 0.717) is 23.6 Å². The fraction of sp³-hybridized carbons (Fsp3) is 0.238. The van der Waals surface area contributed by atoms with E-state index in [-0.39, 0.29) is 10.7 Å². The van der Waals surface area contributed by atoms with Gasteiger partial charge in [0.2, 0.25) is 5.78 Å². The number of carbonyl (C=O) groups excluding carboxylic acids is 1. The summed E-state index contributed by atoms with van der Waals surface area (Å²) in [4.78, 5) is 17.2. The third-order valence-electron chi connectivity index (χ3n) is 4.55. The normalized spacial score (nSPS) is 11.4. The van der Waals surface area contributed by atoms with Crippen molar-refractivity contribution in [2.24, 2.45) is 0 Å². The van der Waals surface area contributed by atoms with E-state index in [9.17, 15) is 13.2 Å². The van der Waals surface area contributed by atoms with E-state index in [1.807, 2.05) is 10.6 Å². The van der Waals surface area contributed by atoms with E-state index in [2.05, 4.69) is 11.9 Å². The van der Waals surface area contributed by atoms with E-state index in [1.165, 1.54) is 23.5 Å². The van der Waals surface area contributed by atoms with Crippen LogP contribution in [-0.4, -0.2) is 30.8 Å². The van der Waals surface area contributed by atoms with Gasteiger partial charge in [0.1, 0.15) is 0 Å². The van der Waals surface area contributed by atoms with Gasteiger partial charge in [-0.1, -0.05) is 43.7 Å². The number of nitrogens with zero attached hydrogens (tertiary/aromatic N) is 3. The van der Waals surface area contributed by atoms with Crippen LogP contribution in [0.25, 0.3) is 0 Å². The van der Waals surface area contributed by atoms with Crippen molar-refractivity contribution in [3.05, 3.63) is 78.4 Å². The number of aryl methyl sites for hydroxylation is 1. The number of sulfonamides is 1. The van der Waals surface area contributed by atoms with Crippen molar-refractivity contribution in [3.8, 4) is 0 Å². The molecule has 0 bridgehead atoms. The lowest BCUT2D eigenvalue weighted by Crippen LogP contribution is -2.26. The lowest BCUT2D eigenvalue weighted by molar-refractivity contribution is 0.102. The van der Waals surface area contributed by atoms with Gasteiger partial charge in [0.25, 0.3) is 10.0 Å². The predicted molar refractivity (Wildman–Crippen MR) is 109 cm³/mol. The lowest BCUT2D eigenvalue weighted by atomic mass is 10.1. The maximum Gasteiger partial charge on any atom is 0.264 e. The highest BCUT2D eigenvalue weighted by atomic mass is 32.2. The van der Waals surface area contributed by atoms with Gasteiger partial charge in [0, 0.05) is 31.5 Å². The highest BCUT2D eigenvalue weighted by Crippen LogP contribution is 2.23. The zero-order valence-electron chi connectivity index (χ0n) is 15.9. The van der Waals surface area contributed by atoms with Crippen molar-refractivity contribution in [1.29, 1.82) is 0 Å². The molecule has 0 saturated carbocycles. The number of ketones is 1. The second-order valence-electron chi connectivity index (χ2n) is 6.46. The van der Waals surface area contributed by atoms with Crippen molar-refractivity contribution >= 4 is 21.5 Å². The average molecular weight is 398 g/mol. The fourth-order valence-electron chi connectivity index (χ4n) is 2.89. The monoisotopic (exact) mass is 397 g/mol. The molecule has 0 N–H and O–H groups in total. The fourth-order valence-corrected chi connectivity index (χ4v) is 4.13. The van der Waals surface area contributed by atoms with Crippen LogP contribution in [0, 0.1) is 0 Å². The average Bonchev–Trinajstić information content (AvgIpc) is 3.20. The van der Waals surface area contributed by atoms with E-state index in [0.717, 1.165) is 12.8 Å². The second kappa shape index (κ2) is 8.39. The summed E-state index contributed by atoms with van der Waals surface area (Å²) in [6, 6.07) is 14.9. The number of aromatic nitrogens is 2. The molecule has 0 amide bonds. The summed E-state index contributed by atoms with van der Waals surface area (Å²) >= 11 is 0. The van der Waals surface area contributed by atoms with Crippen LogP contribution in [0.4, 0.5) is 5.69 Å². The molecule has 0 fully saturated rings. The van der Waals surface area contributed by atoms with Crippen LogP contribution in [0.1, 0.15) is 35.9 Å². The lowest BCUT2D eigenvalue weighted by Gasteiger charge is -2.19. The Labute approximate surface area is 165 Å². The number of para-hydroxylation sites is 1. The van der Waals surface area contributed by atoms with Crippen molar-refractivity contribution in [2.45, 2.75) is 31.2 Å². The maximum absolute atomic E-state index is 13.0. The summed E-state index contributed by atoms with van der Waals surface area (Å²) < 4.78 is 29.0. The standard InChI is InChI=1S/C21H23N3O3S/c1-3-4-14-24-15-13-22-21(24)20(25)17-9-8-12-19(16-17)28(26,27)23(2)18-10-6-5-7-11-18/h5-13,15-16H,3-4,14H2,1-2H3. The number of carbonyl (C=O) groups is 1. The molecule has 0 saturated heterocycles. The molecule has 0 aliphatic rings. The molecule has 0 aliphatic heterocycles. The van der Waals surface area contributed by atoms with Gasteiger partial charge in [0.15, 0.2) is 5.82 Å². The quantitative estimate of drug-likeness (QED) is 0.543. The minimum Gasteiger partial charge on any atom is -0.328 e. The molecular formula is C21H23N3O3S. The minimum atomic E-state index is -3.79. The van der Waals surface area contributed by atoms with Crippen LogP contribution in [0.3, 0.4) is 0 Å². The molecule has 1 heterocycles. The van der Waals surface area contributed by atoms with Gasteiger partial charge in [-0.05, 0) is 30.7 Å². The Morgan fingerprint density at radius 2 is 1.86 bits per heavy atom. The second-order valence-corrected chi connectivity index (χ2v) is 8.43. The van der Waals surface area contributed by atoms with Gasteiger partial charge in [-0.2, -0.15) is 0 Å². The van der Waals surface area contributed by atoms with Crippen LogP contribution >= 0.6 is 0 Å². The van der Waals surface area contributed by atoms with Crippen molar-refractivity contribution < 1.29 is 13.2 Å². The molecule has 7 heteroatoms. The van der Waals surface area contributed by atoms with Gasteiger partial charge in [-0.15, -0.1) is 0 Å². The number of unbranched alkanes of at least 4 members (excludes halogenated alkanes) is 1. The molecular weight excluding hydrogens is 374 g/mol. The zero-order chi connectivity index (χ0) is 20.1. The number of imidazole rings is 1. The molecule has 0 spiro atoms. The molecule has 0 atom stereocenters. The highest BCUT2D eigenvalue weighted by Gasteiger charge is 2.23. The maximum atomic E-state index is 13.0. The summed E-state index contributed by atoms with van der Waals surface area (Å²) in [5.74, 6) is 0.0277. The first kappa shape index (κ1) is 19.8. The number of rotatable bonds is 8. The Morgan fingerprint density at radius 1 is 1.11 bits per heavy atom. The van der Waals surface area contributed by atoms with Crippen LogP contribution in [0.15, 0.2) is 71.9 Å². The van der Waals surface area contributed by atoms with Gasteiger partial charge in [-0.3, -0.25) is 9.10 Å². The zero-order valence-corrected chi connectivity index (χ0v) is 16.8. The molecule has 1 aromatic heterocycles. The van der Waals surface area contributed by atoms with E-state index < -0.39 is 10.0 Å². The van der Waals surface area contributed by atoms with Crippen molar-refractivity contribution in [2.75, 3.05) is 11.4 Å². The van der Waals surface area contributed by atoms with E-state index in [4.69, 9.17) is 0 Å². The molecule has 28 heavy (non-hydrogen) atoms. The number of hydrogen-bond acceptors (Lipinski definition) is 4. The predicted octanol–water partition coefficient (Wildman–Crippen LogP) is 3.74. The van der Waals surface area contributed by atoms with Gasteiger partial charge >= 0.3 is 0 Å². The number of anilines is 1. The SMILES string of the molecule is CCCCn1ccnc1C(=O)c1cccc(S(=O)(=O)N(C)c2ccccc2)c1. The molecule has 3 aromatic rings. The van der Waals surface area contributed by atoms with Crippen LogP contribution in [0.2, 0.25) is 0 Å². The highest BCUT2D eigenvalue weighted by molar-refractivity contribution is 7.92. The van der Waals surface area contributed by atoms with Crippen LogP contribution in [-0.2, 0) is 16.6 Å². The van der Waals surface area contributed by atoms with Crippen molar-refractivity contribution in [3.63, 3.8) is 0 Å². The Balaban J connectivity index is 1.92. The number of benzene rings is 2. The Bertz CT molecular complexity index is 1060. The van der Waals surface area contributed by atoms with E-state index >= 15 is 0 Å². The number of hydrogen-bond donors (Lipinski definition) is 0. The molecule has 2 aromatic carbocycles. The van der Waals surface area contributed by atoms with Crippen LogP contribution in [0.5, 0.6) is 0 Å². The molecule has 0 unspecified atom stereocenters. The molecule has 3 rings (SSSR count). The molecule has 146 valence electrons. The van der Waals surface area contributed by atoms with Gasteiger partial charge in [0.05, 0.1) is 10.6 Å². The first-order valence-corrected chi connectivity index (χ1v) is 10.6. The largest absolute Gasteiger partial charge is 0.328 e. The summed E-state index contributed by atoms with van der Waals surface area (Å²) in [5, 5.41) is 0. The molecule has 6 nitrogen and oxygen atoms in total. The van der Waals surface area contributed by atoms with Gasteiger partial charge < -0.3 is 4.57 Å².